The maximum atomic E-state index is 12.5. The minimum atomic E-state index is -3.35. The molecule has 102 valence electrons. The molecule has 17 heavy (non-hydrogen) atoms. The van der Waals surface area contributed by atoms with Crippen molar-refractivity contribution in [2.45, 2.75) is 52.7 Å². The van der Waals surface area contributed by atoms with Gasteiger partial charge in [0.1, 0.15) is 5.66 Å². The summed E-state index contributed by atoms with van der Waals surface area (Å²) in [6.45, 7) is 9.52. The second kappa shape index (κ2) is 7.85. The van der Waals surface area contributed by atoms with Crippen LogP contribution in [-0.4, -0.2) is 30.8 Å². The minimum Gasteiger partial charge on any atom is -0.353 e. The molecule has 0 rings (SSSR count). The van der Waals surface area contributed by atoms with Gasteiger partial charge in [-0.15, -0.1) is 0 Å². The number of hydrogen-bond acceptors (Lipinski definition) is 4. The third-order valence-corrected chi connectivity index (χ3v) is 4.72. The Morgan fingerprint density at radius 1 is 1.18 bits per heavy atom. The van der Waals surface area contributed by atoms with E-state index in [4.69, 9.17) is 9.05 Å². The van der Waals surface area contributed by atoms with Gasteiger partial charge < -0.3 is 14.4 Å². The first-order valence-corrected chi connectivity index (χ1v) is 7.71. The first-order chi connectivity index (χ1) is 7.91. The zero-order valence-electron chi connectivity index (χ0n) is 11.4. The monoisotopic (exact) mass is 265 g/mol. The Bertz CT molecular complexity index is 271. The number of amides is 1. The normalized spacial score (nSPS) is 13.8. The number of carbonyl (C=O) groups excluding carboxylic acids is 1. The van der Waals surface area contributed by atoms with Crippen LogP contribution >= 0.6 is 7.60 Å². The van der Waals surface area contributed by atoms with E-state index in [0.717, 1.165) is 0 Å². The van der Waals surface area contributed by atoms with Gasteiger partial charge in [-0.1, -0.05) is 6.92 Å². The van der Waals surface area contributed by atoms with Crippen LogP contribution in [0.1, 0.15) is 41.0 Å². The fraction of sp³-hybridized carbons (Fsp3) is 0.909. The first-order valence-electron chi connectivity index (χ1n) is 6.10. The first kappa shape index (κ1) is 16.6. The van der Waals surface area contributed by atoms with E-state index in [1.54, 1.807) is 20.8 Å². The second-order valence-electron chi connectivity index (χ2n) is 3.96. The summed E-state index contributed by atoms with van der Waals surface area (Å²) in [7, 11) is -3.35. The van der Waals surface area contributed by atoms with Gasteiger partial charge in [-0.05, 0) is 34.1 Å². The number of nitrogens with one attached hydrogen (secondary N) is 1. The molecular weight excluding hydrogens is 241 g/mol. The number of carbonyl (C=O) groups is 1. The van der Waals surface area contributed by atoms with Crippen molar-refractivity contribution in [1.82, 2.24) is 5.32 Å². The number of rotatable bonds is 8. The van der Waals surface area contributed by atoms with Gasteiger partial charge in [-0.2, -0.15) is 0 Å². The van der Waals surface area contributed by atoms with Gasteiger partial charge in [-0.25, -0.2) is 0 Å². The third-order valence-electron chi connectivity index (χ3n) is 2.12. The van der Waals surface area contributed by atoms with E-state index >= 15 is 0 Å². The molecule has 1 N–H and O–H groups in total. The molecule has 0 saturated carbocycles. The summed E-state index contributed by atoms with van der Waals surface area (Å²) in [5, 5.41) is 2.75. The van der Waals surface area contributed by atoms with Crippen molar-refractivity contribution in [3.8, 4) is 0 Å². The average molecular weight is 265 g/mol. The summed E-state index contributed by atoms with van der Waals surface area (Å²) in [6.07, 6.45) is 0.426. The Morgan fingerprint density at radius 3 is 1.94 bits per heavy atom. The summed E-state index contributed by atoms with van der Waals surface area (Å²) in [6, 6.07) is 0.00764. The van der Waals surface area contributed by atoms with E-state index in [0.29, 0.717) is 6.42 Å². The van der Waals surface area contributed by atoms with E-state index in [9.17, 15) is 9.36 Å². The predicted octanol–water partition coefficient (Wildman–Crippen LogP) is 2.56. The van der Waals surface area contributed by atoms with Gasteiger partial charge in [-0.3, -0.25) is 9.36 Å². The lowest BCUT2D eigenvalue weighted by Crippen LogP contribution is -2.39. The molecule has 0 aliphatic rings. The van der Waals surface area contributed by atoms with Crippen molar-refractivity contribution < 1.29 is 18.4 Å². The summed E-state index contributed by atoms with van der Waals surface area (Å²) < 4.78 is 22.9. The van der Waals surface area contributed by atoms with Gasteiger partial charge in [0.2, 0.25) is 5.91 Å². The van der Waals surface area contributed by atoms with Crippen molar-refractivity contribution in [3.05, 3.63) is 0 Å². The molecule has 0 aromatic carbocycles. The molecule has 0 aliphatic heterocycles. The Labute approximate surface area is 104 Å². The van der Waals surface area contributed by atoms with E-state index in [-0.39, 0.29) is 25.2 Å². The molecule has 0 spiro atoms. The average Bonchev–Trinajstić information content (AvgIpc) is 2.17. The van der Waals surface area contributed by atoms with Crippen molar-refractivity contribution >= 4 is 13.5 Å². The van der Waals surface area contributed by atoms with Crippen molar-refractivity contribution in [3.63, 3.8) is 0 Å². The summed E-state index contributed by atoms with van der Waals surface area (Å²) in [5.74, 6) is -0.271. The highest BCUT2D eigenvalue weighted by atomic mass is 31.2. The smallest absolute Gasteiger partial charge is 0.343 e. The largest absolute Gasteiger partial charge is 0.353 e. The van der Waals surface area contributed by atoms with Crippen LogP contribution in [0.5, 0.6) is 0 Å². The Kier molecular flexibility index (Phi) is 7.68. The summed E-state index contributed by atoms with van der Waals surface area (Å²) in [4.78, 5) is 11.9. The Hall–Kier alpha value is -0.380. The van der Waals surface area contributed by atoms with Crippen LogP contribution < -0.4 is 5.32 Å². The Balaban J connectivity index is 4.90. The van der Waals surface area contributed by atoms with Crippen LogP contribution in [0.25, 0.3) is 0 Å². The highest BCUT2D eigenvalue weighted by Gasteiger charge is 2.39. The molecule has 1 atom stereocenters. The lowest BCUT2D eigenvalue weighted by Gasteiger charge is -2.25. The quantitative estimate of drug-likeness (QED) is 0.685. The standard InChI is InChI=1S/C11H24NO4P/c1-6-10(11(13)12-9(4)5)17(14,15-7-2)16-8-3/h9-10H,6-8H2,1-5H3,(H,12,13). The van der Waals surface area contributed by atoms with Crippen molar-refractivity contribution in [2.24, 2.45) is 0 Å². The second-order valence-corrected chi connectivity index (χ2v) is 6.18. The highest BCUT2D eigenvalue weighted by molar-refractivity contribution is 7.55. The molecule has 0 fully saturated rings. The maximum Gasteiger partial charge on any atom is 0.343 e. The van der Waals surface area contributed by atoms with Crippen molar-refractivity contribution in [1.29, 1.82) is 0 Å². The van der Waals surface area contributed by atoms with E-state index in [1.807, 2.05) is 13.8 Å². The zero-order chi connectivity index (χ0) is 13.5. The van der Waals surface area contributed by atoms with Crippen LogP contribution in [0.4, 0.5) is 0 Å². The Morgan fingerprint density at radius 2 is 1.65 bits per heavy atom. The van der Waals surface area contributed by atoms with Crippen LogP contribution in [0.3, 0.4) is 0 Å². The third kappa shape index (κ3) is 5.19. The molecule has 0 aromatic heterocycles. The van der Waals surface area contributed by atoms with E-state index < -0.39 is 13.3 Å². The molecule has 0 saturated heterocycles. The topological polar surface area (TPSA) is 64.6 Å². The molecule has 0 bridgehead atoms. The molecule has 0 heterocycles. The summed E-state index contributed by atoms with van der Waals surface area (Å²) >= 11 is 0. The lowest BCUT2D eigenvalue weighted by atomic mass is 10.3. The lowest BCUT2D eigenvalue weighted by molar-refractivity contribution is -0.121. The molecule has 0 aliphatic carbocycles. The molecule has 5 nitrogen and oxygen atoms in total. The molecular formula is C11H24NO4P. The van der Waals surface area contributed by atoms with Gasteiger partial charge >= 0.3 is 7.60 Å². The molecule has 1 amide bonds. The van der Waals surface area contributed by atoms with E-state index in [1.165, 1.54) is 0 Å². The molecule has 1 unspecified atom stereocenters. The van der Waals surface area contributed by atoms with Gasteiger partial charge in [0.25, 0.3) is 0 Å². The molecule has 6 heteroatoms. The SMILES string of the molecule is CCOP(=O)(OCC)C(CC)C(=O)NC(C)C. The fourth-order valence-electron chi connectivity index (χ4n) is 1.51. The van der Waals surface area contributed by atoms with Gasteiger partial charge in [0.15, 0.2) is 0 Å². The van der Waals surface area contributed by atoms with Gasteiger partial charge in [0, 0.05) is 6.04 Å². The molecule has 0 radical (unpaired) electrons. The zero-order valence-corrected chi connectivity index (χ0v) is 12.3. The van der Waals surface area contributed by atoms with Crippen LogP contribution in [0.15, 0.2) is 0 Å². The van der Waals surface area contributed by atoms with E-state index in [2.05, 4.69) is 5.32 Å². The predicted molar refractivity (Wildman–Crippen MR) is 68.2 cm³/mol. The van der Waals surface area contributed by atoms with Crippen LogP contribution in [0, 0.1) is 0 Å². The fourth-order valence-corrected chi connectivity index (χ4v) is 3.47. The van der Waals surface area contributed by atoms with Crippen LogP contribution in [-0.2, 0) is 18.4 Å². The minimum absolute atomic E-state index is 0.00764. The highest BCUT2D eigenvalue weighted by Crippen LogP contribution is 2.54. The van der Waals surface area contributed by atoms with Gasteiger partial charge in [0.05, 0.1) is 13.2 Å². The molecule has 0 aromatic rings. The van der Waals surface area contributed by atoms with Crippen molar-refractivity contribution in [2.75, 3.05) is 13.2 Å². The number of hydrogen-bond donors (Lipinski definition) is 1. The maximum absolute atomic E-state index is 12.5. The summed E-state index contributed by atoms with van der Waals surface area (Å²) in [5.41, 5.74) is -0.732. The van der Waals surface area contributed by atoms with Crippen LogP contribution in [0.2, 0.25) is 0 Å².